The second-order valence-corrected chi connectivity index (χ2v) is 9.50. The van der Waals surface area contributed by atoms with Gasteiger partial charge in [-0.05, 0) is 37.5 Å². The molecule has 0 saturated carbocycles. The van der Waals surface area contributed by atoms with E-state index in [1.54, 1.807) is 30.3 Å². The third-order valence-corrected chi connectivity index (χ3v) is 7.28. The van der Waals surface area contributed by atoms with Crippen LogP contribution in [0.3, 0.4) is 0 Å². The number of nitrogens with zero attached hydrogens (tertiary/aromatic N) is 3. The number of hydrogen-bond donors (Lipinski definition) is 1. The Morgan fingerprint density at radius 1 is 1.16 bits per heavy atom. The lowest BCUT2D eigenvalue weighted by atomic mass is 9.99. The van der Waals surface area contributed by atoms with Crippen molar-refractivity contribution in [2.75, 3.05) is 13.1 Å². The molecule has 0 aliphatic carbocycles. The average molecular weight is 441 g/mol. The maximum Gasteiger partial charge on any atom is 0.246 e. The molecule has 1 aliphatic heterocycles. The molecule has 1 fully saturated rings. The van der Waals surface area contributed by atoms with Gasteiger partial charge in [0.1, 0.15) is 0 Å². The van der Waals surface area contributed by atoms with Crippen LogP contribution in [0.2, 0.25) is 0 Å². The number of piperidine rings is 1. The Balaban J connectivity index is 1.38. The van der Waals surface area contributed by atoms with Crippen LogP contribution in [0.15, 0.2) is 64.0 Å². The van der Waals surface area contributed by atoms with Crippen molar-refractivity contribution in [3.8, 4) is 11.4 Å². The van der Waals surface area contributed by atoms with Gasteiger partial charge in [-0.25, -0.2) is 8.42 Å². The van der Waals surface area contributed by atoms with Crippen LogP contribution in [0.25, 0.3) is 11.4 Å². The van der Waals surface area contributed by atoms with E-state index in [1.807, 2.05) is 31.2 Å². The van der Waals surface area contributed by atoms with Gasteiger partial charge < -0.3 is 9.84 Å². The molecule has 0 unspecified atom stereocenters. The summed E-state index contributed by atoms with van der Waals surface area (Å²) in [5.41, 5.74) is 1.90. The van der Waals surface area contributed by atoms with Gasteiger partial charge in [-0.2, -0.15) is 9.29 Å². The number of carbonyl (C=O) groups is 1. The van der Waals surface area contributed by atoms with E-state index in [2.05, 4.69) is 15.5 Å². The summed E-state index contributed by atoms with van der Waals surface area (Å²) in [6.45, 7) is 2.62. The van der Waals surface area contributed by atoms with Crippen LogP contribution in [0.1, 0.15) is 24.3 Å². The smallest absolute Gasteiger partial charge is 0.246 e. The fraction of sp³-hybridized carbons (Fsp3) is 0.318. The Morgan fingerprint density at radius 3 is 2.68 bits per heavy atom. The monoisotopic (exact) mass is 440 g/mol. The summed E-state index contributed by atoms with van der Waals surface area (Å²) in [5, 5.41) is 6.79. The maximum atomic E-state index is 12.9. The van der Waals surface area contributed by atoms with E-state index in [0.29, 0.717) is 31.1 Å². The molecule has 1 atom stereocenters. The van der Waals surface area contributed by atoms with E-state index in [4.69, 9.17) is 4.52 Å². The van der Waals surface area contributed by atoms with Crippen LogP contribution in [0.5, 0.6) is 0 Å². The molecule has 3 aromatic rings. The molecule has 1 aliphatic rings. The number of carbonyl (C=O) groups excluding carboxylic acids is 1. The number of nitrogens with one attached hydrogen (secondary N) is 1. The summed E-state index contributed by atoms with van der Waals surface area (Å²) in [4.78, 5) is 17.3. The van der Waals surface area contributed by atoms with E-state index in [9.17, 15) is 13.2 Å². The highest BCUT2D eigenvalue weighted by molar-refractivity contribution is 7.89. The van der Waals surface area contributed by atoms with Gasteiger partial charge in [0.25, 0.3) is 0 Å². The van der Waals surface area contributed by atoms with Crippen LogP contribution in [-0.2, 0) is 21.4 Å². The first-order valence-electron chi connectivity index (χ1n) is 10.2. The first kappa shape index (κ1) is 21.2. The molecule has 0 bridgehead atoms. The summed E-state index contributed by atoms with van der Waals surface area (Å²) in [6.07, 6.45) is 1.26. The number of rotatable bonds is 6. The zero-order valence-corrected chi connectivity index (χ0v) is 18.0. The minimum absolute atomic E-state index is 0.0969. The molecule has 1 saturated heterocycles. The number of sulfonamides is 1. The number of benzene rings is 2. The first-order valence-corrected chi connectivity index (χ1v) is 11.6. The molecule has 2 aromatic carbocycles. The standard InChI is InChI=1S/C22H24N4O4S/c1-16-8-5-6-12-19(16)21-24-20(30-25-21)14-23-22(27)17-9-7-13-26(15-17)31(28,29)18-10-3-2-4-11-18/h2-6,8,10-12,17H,7,9,13-15H2,1H3,(H,23,27)/t17-/m0/s1. The zero-order chi connectivity index (χ0) is 21.8. The van der Waals surface area contributed by atoms with Crippen molar-refractivity contribution in [2.24, 2.45) is 5.92 Å². The van der Waals surface area contributed by atoms with Crippen LogP contribution in [0.4, 0.5) is 0 Å². The largest absolute Gasteiger partial charge is 0.347 e. The maximum absolute atomic E-state index is 12.9. The van der Waals surface area contributed by atoms with Crippen molar-refractivity contribution in [3.05, 3.63) is 66.1 Å². The van der Waals surface area contributed by atoms with Crippen LogP contribution < -0.4 is 5.32 Å². The van der Waals surface area contributed by atoms with Gasteiger partial charge in [-0.1, -0.05) is 47.6 Å². The molecule has 0 radical (unpaired) electrons. The van der Waals surface area contributed by atoms with Crippen LogP contribution >= 0.6 is 0 Å². The molecular weight excluding hydrogens is 416 g/mol. The Hall–Kier alpha value is -3.04. The SMILES string of the molecule is Cc1ccccc1-c1noc(CNC(=O)[C@H]2CCCN(S(=O)(=O)c3ccccc3)C2)n1. The van der Waals surface area contributed by atoms with Gasteiger partial charge in [-0.3, -0.25) is 4.79 Å². The van der Waals surface area contributed by atoms with E-state index in [0.717, 1.165) is 11.1 Å². The van der Waals surface area contributed by atoms with Gasteiger partial charge in [-0.15, -0.1) is 0 Å². The quantitative estimate of drug-likeness (QED) is 0.632. The Bertz CT molecular complexity index is 1160. The second-order valence-electron chi connectivity index (χ2n) is 7.56. The predicted molar refractivity (Wildman–Crippen MR) is 114 cm³/mol. The molecule has 4 rings (SSSR count). The summed E-state index contributed by atoms with van der Waals surface area (Å²) in [6, 6.07) is 16.0. The first-order chi connectivity index (χ1) is 14.9. The molecule has 1 N–H and O–H groups in total. The van der Waals surface area contributed by atoms with Crippen molar-refractivity contribution in [1.29, 1.82) is 0 Å². The molecule has 2 heterocycles. The van der Waals surface area contributed by atoms with Gasteiger partial charge in [0.15, 0.2) is 0 Å². The van der Waals surface area contributed by atoms with Crippen molar-refractivity contribution in [2.45, 2.75) is 31.2 Å². The summed E-state index contributed by atoms with van der Waals surface area (Å²) in [5.74, 6) is 0.130. The highest BCUT2D eigenvalue weighted by atomic mass is 32.2. The molecular formula is C22H24N4O4S. The van der Waals surface area contributed by atoms with Gasteiger partial charge in [0, 0.05) is 18.7 Å². The average Bonchev–Trinajstić information content (AvgIpc) is 3.27. The number of aromatic nitrogens is 2. The molecule has 162 valence electrons. The number of hydrogen-bond acceptors (Lipinski definition) is 6. The fourth-order valence-electron chi connectivity index (χ4n) is 3.68. The Labute approximate surface area is 181 Å². The minimum atomic E-state index is -3.61. The molecule has 9 heteroatoms. The molecule has 8 nitrogen and oxygen atoms in total. The summed E-state index contributed by atoms with van der Waals surface area (Å²) >= 11 is 0. The van der Waals surface area contributed by atoms with E-state index < -0.39 is 15.9 Å². The lowest BCUT2D eigenvalue weighted by Crippen LogP contribution is -2.45. The second kappa shape index (κ2) is 8.99. The van der Waals surface area contributed by atoms with Crippen molar-refractivity contribution in [3.63, 3.8) is 0 Å². The van der Waals surface area contributed by atoms with Crippen molar-refractivity contribution >= 4 is 15.9 Å². The normalized spacial score (nSPS) is 17.4. The van der Waals surface area contributed by atoms with E-state index in [-0.39, 0.29) is 23.9 Å². The summed E-state index contributed by atoms with van der Waals surface area (Å²) in [7, 11) is -3.61. The minimum Gasteiger partial charge on any atom is -0.347 e. The summed E-state index contributed by atoms with van der Waals surface area (Å²) < 4.78 is 32.4. The molecule has 31 heavy (non-hydrogen) atoms. The lowest BCUT2D eigenvalue weighted by molar-refractivity contribution is -0.126. The Morgan fingerprint density at radius 2 is 1.90 bits per heavy atom. The van der Waals surface area contributed by atoms with Crippen LogP contribution in [0, 0.1) is 12.8 Å². The van der Waals surface area contributed by atoms with Gasteiger partial charge >= 0.3 is 0 Å². The van der Waals surface area contributed by atoms with Crippen molar-refractivity contribution < 1.29 is 17.7 Å². The molecule has 0 spiro atoms. The van der Waals surface area contributed by atoms with Gasteiger partial charge in [0.05, 0.1) is 17.4 Å². The van der Waals surface area contributed by atoms with Crippen LogP contribution in [-0.4, -0.2) is 41.9 Å². The third kappa shape index (κ3) is 4.67. The van der Waals surface area contributed by atoms with E-state index in [1.165, 1.54) is 4.31 Å². The Kier molecular flexibility index (Phi) is 6.15. The van der Waals surface area contributed by atoms with Gasteiger partial charge in [0.2, 0.25) is 27.6 Å². The molecule has 1 amide bonds. The fourth-order valence-corrected chi connectivity index (χ4v) is 5.23. The number of aryl methyl sites for hydroxylation is 1. The highest BCUT2D eigenvalue weighted by Crippen LogP contribution is 2.24. The highest BCUT2D eigenvalue weighted by Gasteiger charge is 2.33. The predicted octanol–water partition coefficient (Wildman–Crippen LogP) is 2.76. The van der Waals surface area contributed by atoms with Crippen molar-refractivity contribution in [1.82, 2.24) is 19.8 Å². The van der Waals surface area contributed by atoms with E-state index >= 15 is 0 Å². The number of amides is 1. The topological polar surface area (TPSA) is 105 Å². The lowest BCUT2D eigenvalue weighted by Gasteiger charge is -2.31. The zero-order valence-electron chi connectivity index (χ0n) is 17.2. The molecule has 1 aromatic heterocycles. The third-order valence-electron chi connectivity index (χ3n) is 5.40.